The average Bonchev–Trinajstić information content (AvgIpc) is 2.62. The van der Waals surface area contributed by atoms with E-state index in [-0.39, 0.29) is 11.9 Å². The van der Waals surface area contributed by atoms with Crippen LogP contribution in [-0.2, 0) is 6.42 Å². The minimum absolute atomic E-state index is 0.00827. The molecule has 3 rings (SSSR count). The van der Waals surface area contributed by atoms with Gasteiger partial charge in [-0.15, -0.1) is 0 Å². The standard InChI is InChI=1S/C20H23N3OS/c1-23(2)19(24)15-10-12-16(13-11-15)21-20(25)22-18-9-5-7-14-6-3-4-8-17(14)18/h3-4,6,8,10-13,18H,5,7,9H2,1-2H3,(H2,21,22,25)/t18-/m0/s1. The molecular weight excluding hydrogens is 330 g/mol. The third-order valence-electron chi connectivity index (χ3n) is 4.47. The van der Waals surface area contributed by atoms with E-state index in [4.69, 9.17) is 12.2 Å². The zero-order valence-corrected chi connectivity index (χ0v) is 15.4. The van der Waals surface area contributed by atoms with E-state index in [2.05, 4.69) is 34.9 Å². The number of hydrogen-bond donors (Lipinski definition) is 2. The first-order valence-corrected chi connectivity index (χ1v) is 8.92. The molecule has 4 nitrogen and oxygen atoms in total. The number of amides is 1. The van der Waals surface area contributed by atoms with Crippen LogP contribution in [0.2, 0.25) is 0 Å². The second-order valence-electron chi connectivity index (χ2n) is 6.52. The Morgan fingerprint density at radius 1 is 1.12 bits per heavy atom. The van der Waals surface area contributed by atoms with E-state index >= 15 is 0 Å². The molecule has 25 heavy (non-hydrogen) atoms. The molecule has 1 atom stereocenters. The smallest absolute Gasteiger partial charge is 0.253 e. The monoisotopic (exact) mass is 353 g/mol. The summed E-state index contributed by atoms with van der Waals surface area (Å²) >= 11 is 5.47. The molecule has 0 aliphatic heterocycles. The summed E-state index contributed by atoms with van der Waals surface area (Å²) < 4.78 is 0. The molecule has 1 amide bonds. The van der Waals surface area contributed by atoms with E-state index in [1.807, 2.05) is 24.3 Å². The first-order valence-electron chi connectivity index (χ1n) is 8.51. The molecular formula is C20H23N3OS. The minimum atomic E-state index is -0.00827. The Morgan fingerprint density at radius 2 is 1.84 bits per heavy atom. The van der Waals surface area contributed by atoms with Crippen molar-refractivity contribution in [1.29, 1.82) is 0 Å². The van der Waals surface area contributed by atoms with Crippen LogP contribution in [0.25, 0.3) is 0 Å². The number of hydrogen-bond acceptors (Lipinski definition) is 2. The van der Waals surface area contributed by atoms with Crippen molar-refractivity contribution in [2.24, 2.45) is 0 Å². The number of rotatable bonds is 3. The van der Waals surface area contributed by atoms with Crippen LogP contribution in [0.5, 0.6) is 0 Å². The zero-order chi connectivity index (χ0) is 17.8. The van der Waals surface area contributed by atoms with E-state index in [1.54, 1.807) is 19.0 Å². The summed E-state index contributed by atoms with van der Waals surface area (Å²) in [5, 5.41) is 7.24. The Hall–Kier alpha value is -2.40. The zero-order valence-electron chi connectivity index (χ0n) is 14.6. The first kappa shape index (κ1) is 17.4. The molecule has 0 radical (unpaired) electrons. The van der Waals surface area contributed by atoms with Gasteiger partial charge in [-0.3, -0.25) is 4.79 Å². The lowest BCUT2D eigenvalue weighted by Gasteiger charge is -2.27. The second-order valence-corrected chi connectivity index (χ2v) is 6.93. The van der Waals surface area contributed by atoms with Crippen molar-refractivity contribution < 1.29 is 4.79 Å². The summed E-state index contributed by atoms with van der Waals surface area (Å²) in [5.74, 6) is -0.00827. The van der Waals surface area contributed by atoms with Crippen LogP contribution in [0.1, 0.15) is 40.4 Å². The molecule has 2 aromatic rings. The van der Waals surface area contributed by atoms with Crippen LogP contribution in [0.4, 0.5) is 5.69 Å². The highest BCUT2D eigenvalue weighted by Gasteiger charge is 2.20. The Bertz CT molecular complexity index is 771. The maximum absolute atomic E-state index is 11.9. The van der Waals surface area contributed by atoms with Crippen LogP contribution in [0, 0.1) is 0 Å². The Morgan fingerprint density at radius 3 is 2.56 bits per heavy atom. The predicted octanol–water partition coefficient (Wildman–Crippen LogP) is 3.75. The van der Waals surface area contributed by atoms with Crippen LogP contribution in [0.3, 0.4) is 0 Å². The number of benzene rings is 2. The lowest BCUT2D eigenvalue weighted by molar-refractivity contribution is 0.0827. The van der Waals surface area contributed by atoms with Gasteiger partial charge in [-0.1, -0.05) is 24.3 Å². The van der Waals surface area contributed by atoms with Gasteiger partial charge in [0, 0.05) is 25.3 Å². The highest BCUT2D eigenvalue weighted by atomic mass is 32.1. The van der Waals surface area contributed by atoms with E-state index in [9.17, 15) is 4.79 Å². The first-order chi connectivity index (χ1) is 12.0. The molecule has 5 heteroatoms. The van der Waals surface area contributed by atoms with E-state index < -0.39 is 0 Å². The summed E-state index contributed by atoms with van der Waals surface area (Å²) in [7, 11) is 3.49. The molecule has 0 unspecified atom stereocenters. The van der Waals surface area contributed by atoms with Crippen molar-refractivity contribution in [3.05, 3.63) is 65.2 Å². The van der Waals surface area contributed by atoms with Gasteiger partial charge in [0.2, 0.25) is 0 Å². The molecule has 2 aromatic carbocycles. The maximum atomic E-state index is 11.9. The summed E-state index contributed by atoms with van der Waals surface area (Å²) in [6, 6.07) is 16.2. The fourth-order valence-corrected chi connectivity index (χ4v) is 3.44. The molecule has 1 aliphatic rings. The maximum Gasteiger partial charge on any atom is 0.253 e. The van der Waals surface area contributed by atoms with E-state index in [1.165, 1.54) is 17.5 Å². The van der Waals surface area contributed by atoms with Gasteiger partial charge in [-0.05, 0) is 66.9 Å². The highest BCUT2D eigenvalue weighted by Crippen LogP contribution is 2.29. The third kappa shape index (κ3) is 4.17. The lowest BCUT2D eigenvalue weighted by atomic mass is 9.88. The highest BCUT2D eigenvalue weighted by molar-refractivity contribution is 7.80. The molecule has 1 aliphatic carbocycles. The molecule has 0 saturated heterocycles. The molecule has 0 fully saturated rings. The number of carbonyl (C=O) groups is 1. The fraction of sp³-hybridized carbons (Fsp3) is 0.300. The average molecular weight is 353 g/mol. The number of carbonyl (C=O) groups excluding carboxylic acids is 1. The van der Waals surface area contributed by atoms with Crippen molar-refractivity contribution in [2.45, 2.75) is 25.3 Å². The molecule has 0 heterocycles. The number of nitrogens with zero attached hydrogens (tertiary/aromatic N) is 1. The molecule has 0 saturated carbocycles. The van der Waals surface area contributed by atoms with Crippen LogP contribution < -0.4 is 10.6 Å². The Kier molecular flexibility index (Phi) is 5.34. The molecule has 0 aromatic heterocycles. The summed E-state index contributed by atoms with van der Waals surface area (Å²) in [6.07, 6.45) is 3.38. The van der Waals surface area contributed by atoms with Crippen LogP contribution in [0.15, 0.2) is 48.5 Å². The topological polar surface area (TPSA) is 44.4 Å². The normalized spacial score (nSPS) is 15.8. The molecule has 0 spiro atoms. The van der Waals surface area contributed by atoms with Crippen LogP contribution >= 0.6 is 12.2 Å². The predicted molar refractivity (Wildman–Crippen MR) is 106 cm³/mol. The van der Waals surface area contributed by atoms with Gasteiger partial charge in [0.1, 0.15) is 0 Å². The summed E-state index contributed by atoms with van der Waals surface area (Å²) in [5.41, 5.74) is 4.28. The van der Waals surface area contributed by atoms with E-state index in [0.717, 1.165) is 18.5 Å². The fourth-order valence-electron chi connectivity index (χ4n) is 3.18. The number of fused-ring (bicyclic) bond motifs is 1. The van der Waals surface area contributed by atoms with Crippen LogP contribution in [-0.4, -0.2) is 30.0 Å². The van der Waals surface area contributed by atoms with Gasteiger partial charge >= 0.3 is 0 Å². The van der Waals surface area contributed by atoms with Crippen molar-refractivity contribution in [3.8, 4) is 0 Å². The number of nitrogens with one attached hydrogen (secondary N) is 2. The number of aryl methyl sites for hydroxylation is 1. The molecule has 130 valence electrons. The second kappa shape index (κ2) is 7.66. The summed E-state index contributed by atoms with van der Waals surface area (Å²) in [4.78, 5) is 13.5. The van der Waals surface area contributed by atoms with E-state index in [0.29, 0.717) is 10.7 Å². The third-order valence-corrected chi connectivity index (χ3v) is 4.69. The largest absolute Gasteiger partial charge is 0.356 e. The SMILES string of the molecule is CN(C)C(=O)c1ccc(NC(=S)N[C@H]2CCCc3ccccc32)cc1. The minimum Gasteiger partial charge on any atom is -0.356 e. The number of anilines is 1. The van der Waals surface area contributed by atoms with Crippen molar-refractivity contribution in [2.75, 3.05) is 19.4 Å². The van der Waals surface area contributed by atoms with Crippen molar-refractivity contribution in [1.82, 2.24) is 10.2 Å². The Balaban J connectivity index is 1.63. The van der Waals surface area contributed by atoms with Gasteiger partial charge in [-0.2, -0.15) is 0 Å². The molecule has 0 bridgehead atoms. The van der Waals surface area contributed by atoms with Gasteiger partial charge in [0.25, 0.3) is 5.91 Å². The van der Waals surface area contributed by atoms with Gasteiger partial charge in [0.15, 0.2) is 5.11 Å². The molecule has 2 N–H and O–H groups in total. The summed E-state index contributed by atoms with van der Waals surface area (Å²) in [6.45, 7) is 0. The van der Waals surface area contributed by atoms with Gasteiger partial charge in [0.05, 0.1) is 6.04 Å². The van der Waals surface area contributed by atoms with Gasteiger partial charge in [-0.25, -0.2) is 0 Å². The lowest BCUT2D eigenvalue weighted by Crippen LogP contribution is -2.34. The quantitative estimate of drug-likeness (QED) is 0.825. The van der Waals surface area contributed by atoms with Crippen molar-refractivity contribution in [3.63, 3.8) is 0 Å². The van der Waals surface area contributed by atoms with Crippen molar-refractivity contribution >= 4 is 28.9 Å². The Labute approximate surface area is 154 Å². The number of thiocarbonyl (C=S) groups is 1. The van der Waals surface area contributed by atoms with Gasteiger partial charge < -0.3 is 15.5 Å².